The minimum absolute atomic E-state index is 0.0635. The van der Waals surface area contributed by atoms with Crippen LogP contribution in [0.25, 0.3) is 6.08 Å². The molecule has 2 aliphatic rings. The Labute approximate surface area is 146 Å². The summed E-state index contributed by atoms with van der Waals surface area (Å²) in [6.07, 6.45) is 1.69. The first kappa shape index (κ1) is 15.0. The molecule has 4 rings (SSSR count). The van der Waals surface area contributed by atoms with E-state index in [-0.39, 0.29) is 11.4 Å². The number of fused-ring (bicyclic) bond motifs is 1. The van der Waals surface area contributed by atoms with Crippen molar-refractivity contribution in [2.24, 2.45) is 10.1 Å². The molecule has 0 saturated heterocycles. The number of aryl methyl sites for hydroxylation is 1. The smallest absolute Gasteiger partial charge is 0.282 e. The van der Waals surface area contributed by atoms with Crippen LogP contribution in [0.2, 0.25) is 0 Å². The molecule has 24 heavy (non-hydrogen) atoms. The molecular formula is C17H12N4OS2. The second-order valence-electron chi connectivity index (χ2n) is 5.31. The average Bonchev–Trinajstić information content (AvgIpc) is 3.21. The zero-order valence-electron chi connectivity index (χ0n) is 12.7. The summed E-state index contributed by atoms with van der Waals surface area (Å²) in [7, 11) is 0. The number of amidine groups is 2. The van der Waals surface area contributed by atoms with E-state index in [0.717, 1.165) is 21.0 Å². The first-order chi connectivity index (χ1) is 11.6. The van der Waals surface area contributed by atoms with Gasteiger partial charge in [-0.15, -0.1) is 11.3 Å². The number of carbonyl (C=O) groups excluding carboxylic acids is 1. The maximum atomic E-state index is 12.3. The second-order valence-corrected chi connectivity index (χ2v) is 7.25. The lowest BCUT2D eigenvalue weighted by Gasteiger charge is -2.19. The molecule has 0 unspecified atom stereocenters. The van der Waals surface area contributed by atoms with Crippen LogP contribution in [0.15, 0.2) is 57.4 Å². The van der Waals surface area contributed by atoms with E-state index in [9.17, 15) is 4.79 Å². The van der Waals surface area contributed by atoms with Crippen molar-refractivity contribution >= 4 is 51.1 Å². The highest BCUT2D eigenvalue weighted by Crippen LogP contribution is 2.31. The molecule has 3 heterocycles. The van der Waals surface area contributed by atoms with Crippen molar-refractivity contribution in [1.82, 2.24) is 5.01 Å². The SMILES string of the molecule is Cc1cccc(C2=NN3C(=N)C(=Cc4cccs4)C(=O)N=C3S2)c1. The Morgan fingerprint density at radius 1 is 1.25 bits per heavy atom. The molecule has 0 bridgehead atoms. The molecule has 5 nitrogen and oxygen atoms in total. The maximum Gasteiger partial charge on any atom is 0.283 e. The predicted octanol–water partition coefficient (Wildman–Crippen LogP) is 3.72. The summed E-state index contributed by atoms with van der Waals surface area (Å²) in [6, 6.07) is 11.8. The van der Waals surface area contributed by atoms with Crippen LogP contribution in [0.5, 0.6) is 0 Å². The Kier molecular flexibility index (Phi) is 3.66. The van der Waals surface area contributed by atoms with Crippen LogP contribution in [0.4, 0.5) is 0 Å². The molecule has 0 fully saturated rings. The molecule has 7 heteroatoms. The van der Waals surface area contributed by atoms with Gasteiger partial charge in [0.1, 0.15) is 5.04 Å². The van der Waals surface area contributed by atoms with Gasteiger partial charge >= 0.3 is 0 Å². The number of amides is 1. The Balaban J connectivity index is 1.71. The van der Waals surface area contributed by atoms with E-state index in [1.807, 2.05) is 48.7 Å². The van der Waals surface area contributed by atoms with Crippen molar-refractivity contribution in [3.63, 3.8) is 0 Å². The Morgan fingerprint density at radius 2 is 2.12 bits per heavy atom. The van der Waals surface area contributed by atoms with Crippen molar-refractivity contribution < 1.29 is 4.79 Å². The summed E-state index contributed by atoms with van der Waals surface area (Å²) < 4.78 is 0. The van der Waals surface area contributed by atoms with Gasteiger partial charge in [-0.1, -0.05) is 29.8 Å². The number of rotatable bonds is 2. The number of nitrogens with one attached hydrogen (secondary N) is 1. The molecule has 118 valence electrons. The Morgan fingerprint density at radius 3 is 2.88 bits per heavy atom. The molecule has 0 atom stereocenters. The van der Waals surface area contributed by atoms with Gasteiger partial charge in [-0.3, -0.25) is 10.2 Å². The zero-order valence-corrected chi connectivity index (χ0v) is 14.3. The minimum atomic E-state index is -0.396. The second kappa shape index (κ2) is 5.85. The number of benzene rings is 1. The Bertz CT molecular complexity index is 941. The number of aliphatic imine (C=N–C) groups is 1. The fourth-order valence-electron chi connectivity index (χ4n) is 2.40. The van der Waals surface area contributed by atoms with E-state index in [1.165, 1.54) is 28.1 Å². The zero-order chi connectivity index (χ0) is 16.7. The lowest BCUT2D eigenvalue weighted by Crippen LogP contribution is -2.35. The molecule has 0 aliphatic carbocycles. The molecule has 1 aromatic carbocycles. The number of thioether (sulfide) groups is 1. The highest BCUT2D eigenvalue weighted by molar-refractivity contribution is 8.27. The van der Waals surface area contributed by atoms with Crippen molar-refractivity contribution in [1.29, 1.82) is 5.41 Å². The van der Waals surface area contributed by atoms with Crippen LogP contribution in [0.3, 0.4) is 0 Å². The van der Waals surface area contributed by atoms with Gasteiger partial charge in [0.05, 0.1) is 5.57 Å². The van der Waals surface area contributed by atoms with Crippen molar-refractivity contribution in [3.05, 3.63) is 63.4 Å². The summed E-state index contributed by atoms with van der Waals surface area (Å²) in [6.45, 7) is 2.02. The number of nitrogens with zero attached hydrogens (tertiary/aromatic N) is 3. The number of carbonyl (C=O) groups is 1. The first-order valence-electron chi connectivity index (χ1n) is 7.22. The number of thiophene rings is 1. The van der Waals surface area contributed by atoms with E-state index in [2.05, 4.69) is 10.1 Å². The molecular weight excluding hydrogens is 340 g/mol. The van der Waals surface area contributed by atoms with Crippen LogP contribution in [-0.2, 0) is 4.79 Å². The number of hydrazone groups is 1. The third-order valence-electron chi connectivity index (χ3n) is 3.55. The van der Waals surface area contributed by atoms with E-state index in [4.69, 9.17) is 5.41 Å². The van der Waals surface area contributed by atoms with Gasteiger partial charge in [0.2, 0.25) is 5.17 Å². The third-order valence-corrected chi connectivity index (χ3v) is 5.33. The fraction of sp³-hybridized carbons (Fsp3) is 0.0588. The predicted molar refractivity (Wildman–Crippen MR) is 99.6 cm³/mol. The molecule has 0 saturated carbocycles. The van der Waals surface area contributed by atoms with Crippen LogP contribution < -0.4 is 0 Å². The molecule has 2 aliphatic heterocycles. The van der Waals surface area contributed by atoms with Crippen molar-refractivity contribution in [3.8, 4) is 0 Å². The van der Waals surface area contributed by atoms with E-state index in [0.29, 0.717) is 5.17 Å². The summed E-state index contributed by atoms with van der Waals surface area (Å²) in [4.78, 5) is 17.3. The van der Waals surface area contributed by atoms with Crippen LogP contribution in [0, 0.1) is 12.3 Å². The highest BCUT2D eigenvalue weighted by atomic mass is 32.2. The van der Waals surface area contributed by atoms with E-state index < -0.39 is 5.91 Å². The molecule has 1 amide bonds. The topological polar surface area (TPSA) is 68.9 Å². The van der Waals surface area contributed by atoms with E-state index in [1.54, 1.807) is 6.08 Å². The molecule has 2 aromatic rings. The van der Waals surface area contributed by atoms with Gasteiger partial charge in [0.25, 0.3) is 5.91 Å². The summed E-state index contributed by atoms with van der Waals surface area (Å²) in [5.74, 6) is -0.332. The first-order valence-corrected chi connectivity index (χ1v) is 8.92. The molecule has 0 spiro atoms. The van der Waals surface area contributed by atoms with Crippen molar-refractivity contribution in [2.75, 3.05) is 0 Å². The van der Waals surface area contributed by atoms with Gasteiger partial charge in [-0.25, -0.2) is 0 Å². The fourth-order valence-corrected chi connectivity index (χ4v) is 3.95. The van der Waals surface area contributed by atoms with Crippen LogP contribution in [0.1, 0.15) is 16.0 Å². The molecule has 0 radical (unpaired) electrons. The summed E-state index contributed by atoms with van der Waals surface area (Å²) >= 11 is 2.83. The standard InChI is InChI=1S/C17H12N4OS2/c1-10-4-2-5-11(8-10)16-20-21-14(18)13(9-12-6-3-7-23-12)15(22)19-17(21)24-16/h2-9,18H,1H3. The van der Waals surface area contributed by atoms with Gasteiger partial charge in [-0.2, -0.15) is 15.1 Å². The Hall–Kier alpha value is -2.51. The molecule has 1 N–H and O–H groups in total. The van der Waals surface area contributed by atoms with Gasteiger partial charge in [-0.05, 0) is 42.3 Å². The number of hydrogen-bond acceptors (Lipinski definition) is 5. The van der Waals surface area contributed by atoms with Crippen LogP contribution in [-0.4, -0.2) is 27.0 Å². The largest absolute Gasteiger partial charge is 0.283 e. The number of hydrogen-bond donors (Lipinski definition) is 1. The quantitative estimate of drug-likeness (QED) is 0.838. The van der Waals surface area contributed by atoms with Gasteiger partial charge in [0, 0.05) is 10.4 Å². The van der Waals surface area contributed by atoms with Gasteiger partial charge in [0.15, 0.2) is 5.84 Å². The lowest BCUT2D eigenvalue weighted by molar-refractivity contribution is -0.114. The minimum Gasteiger partial charge on any atom is -0.282 e. The average molecular weight is 352 g/mol. The lowest BCUT2D eigenvalue weighted by atomic mass is 10.1. The van der Waals surface area contributed by atoms with Crippen LogP contribution >= 0.6 is 23.1 Å². The molecule has 1 aromatic heterocycles. The maximum absolute atomic E-state index is 12.3. The van der Waals surface area contributed by atoms with Gasteiger partial charge < -0.3 is 0 Å². The van der Waals surface area contributed by atoms with E-state index >= 15 is 0 Å². The summed E-state index contributed by atoms with van der Waals surface area (Å²) in [5.41, 5.74) is 2.35. The monoisotopic (exact) mass is 352 g/mol. The summed E-state index contributed by atoms with van der Waals surface area (Å²) in [5, 5.41) is 17.4. The normalized spacial score (nSPS) is 18.7. The van der Waals surface area contributed by atoms with Crippen molar-refractivity contribution in [2.45, 2.75) is 6.92 Å². The highest BCUT2D eigenvalue weighted by Gasteiger charge is 2.36. The third kappa shape index (κ3) is 2.61.